The summed E-state index contributed by atoms with van der Waals surface area (Å²) < 4.78 is 49.7. The van der Waals surface area contributed by atoms with Crippen molar-refractivity contribution in [3.8, 4) is 11.3 Å². The first-order chi connectivity index (χ1) is 13.3. The maximum Gasteiger partial charge on any atom is 0.255 e. The second-order valence-corrected chi connectivity index (χ2v) is 8.05. The molecule has 1 heterocycles. The van der Waals surface area contributed by atoms with Crippen molar-refractivity contribution in [3.63, 3.8) is 0 Å². The van der Waals surface area contributed by atoms with Crippen LogP contribution in [0, 0.1) is 11.6 Å². The van der Waals surface area contributed by atoms with Crippen LogP contribution >= 0.6 is 0 Å². The number of nitrogens with zero attached hydrogens (tertiary/aromatic N) is 2. The van der Waals surface area contributed by atoms with E-state index in [9.17, 15) is 22.0 Å². The summed E-state index contributed by atoms with van der Waals surface area (Å²) in [5.41, 5.74) is 1.56. The summed E-state index contributed by atoms with van der Waals surface area (Å²) in [6.07, 6.45) is 0. The number of rotatable bonds is 5. The van der Waals surface area contributed by atoms with Gasteiger partial charge in [0, 0.05) is 16.8 Å². The van der Waals surface area contributed by atoms with E-state index in [1.54, 1.807) is 30.3 Å². The predicted octanol–water partition coefficient (Wildman–Crippen LogP) is 3.47. The fourth-order valence-corrected chi connectivity index (χ4v) is 3.09. The third-order valence-corrected chi connectivity index (χ3v) is 5.57. The first-order valence-electron chi connectivity index (χ1n) is 8.23. The molecule has 0 fully saturated rings. The number of hydrogen-bond donors (Lipinski definition) is 1. The van der Waals surface area contributed by atoms with Crippen LogP contribution in [0.3, 0.4) is 0 Å². The van der Waals surface area contributed by atoms with Gasteiger partial charge in [0.05, 0.1) is 11.4 Å². The van der Waals surface area contributed by atoms with Crippen LogP contribution in [0.2, 0.25) is 0 Å². The molecule has 1 aromatic heterocycles. The molecule has 9 heteroatoms. The molecule has 0 spiro atoms. The largest absolute Gasteiger partial charge is 0.322 e. The number of anilines is 1. The van der Waals surface area contributed by atoms with Crippen molar-refractivity contribution < 1.29 is 22.0 Å². The zero-order chi connectivity index (χ0) is 20.3. The number of benzene rings is 2. The van der Waals surface area contributed by atoms with Crippen molar-refractivity contribution in [1.82, 2.24) is 10.2 Å². The number of sulfone groups is 1. The van der Waals surface area contributed by atoms with Crippen LogP contribution in [0.25, 0.3) is 11.3 Å². The molecule has 0 aliphatic carbocycles. The monoisotopic (exact) mass is 403 g/mol. The summed E-state index contributed by atoms with van der Waals surface area (Å²) >= 11 is 0. The van der Waals surface area contributed by atoms with Gasteiger partial charge in [-0.1, -0.05) is 19.1 Å². The molecule has 0 aliphatic heterocycles. The van der Waals surface area contributed by atoms with Gasteiger partial charge in [-0.2, -0.15) is 0 Å². The molecule has 3 aromatic rings. The van der Waals surface area contributed by atoms with Crippen molar-refractivity contribution in [3.05, 3.63) is 71.8 Å². The van der Waals surface area contributed by atoms with Crippen LogP contribution in [-0.2, 0) is 9.84 Å². The Morgan fingerprint density at radius 3 is 2.25 bits per heavy atom. The smallest absolute Gasteiger partial charge is 0.255 e. The highest BCUT2D eigenvalue weighted by Gasteiger charge is 2.14. The number of carbonyl (C=O) groups is 1. The van der Waals surface area contributed by atoms with Gasteiger partial charge >= 0.3 is 0 Å². The minimum Gasteiger partial charge on any atom is -0.322 e. The third kappa shape index (κ3) is 4.20. The maximum absolute atomic E-state index is 13.2. The Morgan fingerprint density at radius 2 is 1.68 bits per heavy atom. The standard InChI is InChI=1S/C19H15F2N3O3S/c1-2-28(26,27)18-10-9-17(23-24-18)12-3-6-14(7-4-12)22-19(25)13-5-8-15(20)16(21)11-13/h3-11H,2H2,1H3,(H,22,25). The predicted molar refractivity (Wildman–Crippen MR) is 99.5 cm³/mol. The molecule has 1 N–H and O–H groups in total. The molecule has 144 valence electrons. The van der Waals surface area contributed by atoms with Gasteiger partial charge in [0.25, 0.3) is 5.91 Å². The Kier molecular flexibility index (Phi) is 5.46. The molecule has 0 radical (unpaired) electrons. The van der Waals surface area contributed by atoms with Crippen LogP contribution in [0.5, 0.6) is 0 Å². The number of hydrogen-bond acceptors (Lipinski definition) is 5. The number of nitrogens with one attached hydrogen (secondary N) is 1. The molecular formula is C19H15F2N3O3S. The van der Waals surface area contributed by atoms with Gasteiger partial charge in [-0.25, -0.2) is 17.2 Å². The van der Waals surface area contributed by atoms with Gasteiger partial charge in [0.15, 0.2) is 26.5 Å². The van der Waals surface area contributed by atoms with E-state index in [-0.39, 0.29) is 16.3 Å². The summed E-state index contributed by atoms with van der Waals surface area (Å²) in [7, 11) is -3.42. The molecule has 2 aromatic carbocycles. The van der Waals surface area contributed by atoms with E-state index in [2.05, 4.69) is 15.5 Å². The van der Waals surface area contributed by atoms with Gasteiger partial charge < -0.3 is 5.32 Å². The summed E-state index contributed by atoms with van der Waals surface area (Å²) in [6, 6.07) is 12.4. The Hall–Kier alpha value is -3.20. The van der Waals surface area contributed by atoms with Crippen molar-refractivity contribution in [2.45, 2.75) is 11.9 Å². The van der Waals surface area contributed by atoms with Crippen molar-refractivity contribution >= 4 is 21.4 Å². The SMILES string of the molecule is CCS(=O)(=O)c1ccc(-c2ccc(NC(=O)c3ccc(F)c(F)c3)cc2)nn1. The lowest BCUT2D eigenvalue weighted by Crippen LogP contribution is -2.12. The summed E-state index contributed by atoms with van der Waals surface area (Å²) in [6.45, 7) is 1.53. The third-order valence-electron chi connectivity index (χ3n) is 3.96. The molecular weight excluding hydrogens is 388 g/mol. The maximum atomic E-state index is 13.2. The lowest BCUT2D eigenvalue weighted by molar-refractivity contribution is 0.102. The molecule has 0 bridgehead atoms. The summed E-state index contributed by atoms with van der Waals surface area (Å²) in [5.74, 6) is -2.77. The van der Waals surface area contributed by atoms with Gasteiger partial charge in [-0.15, -0.1) is 10.2 Å². The van der Waals surface area contributed by atoms with E-state index in [0.29, 0.717) is 16.9 Å². The van der Waals surface area contributed by atoms with Crippen LogP contribution in [0.4, 0.5) is 14.5 Å². The lowest BCUT2D eigenvalue weighted by atomic mass is 10.1. The number of carbonyl (C=O) groups excluding carboxylic acids is 1. The zero-order valence-corrected chi connectivity index (χ0v) is 15.5. The molecule has 6 nitrogen and oxygen atoms in total. The van der Waals surface area contributed by atoms with Crippen LogP contribution in [-0.4, -0.2) is 30.3 Å². The highest BCUT2D eigenvalue weighted by atomic mass is 32.2. The minimum absolute atomic E-state index is 0.0124. The Balaban J connectivity index is 1.74. The van der Waals surface area contributed by atoms with E-state index in [0.717, 1.165) is 12.1 Å². The van der Waals surface area contributed by atoms with Gasteiger partial charge in [0.2, 0.25) is 0 Å². The Morgan fingerprint density at radius 1 is 0.964 bits per heavy atom. The minimum atomic E-state index is -3.42. The average molecular weight is 403 g/mol. The molecule has 0 atom stereocenters. The topological polar surface area (TPSA) is 89.0 Å². The highest BCUT2D eigenvalue weighted by Crippen LogP contribution is 2.21. The van der Waals surface area contributed by atoms with Crippen LogP contribution in [0.15, 0.2) is 59.6 Å². The first-order valence-corrected chi connectivity index (χ1v) is 9.88. The van der Waals surface area contributed by atoms with Gasteiger partial charge in [0.1, 0.15) is 0 Å². The molecule has 0 unspecified atom stereocenters. The van der Waals surface area contributed by atoms with E-state index in [4.69, 9.17) is 0 Å². The molecule has 3 rings (SSSR count). The van der Waals surface area contributed by atoms with E-state index in [1.807, 2.05) is 0 Å². The second-order valence-electron chi connectivity index (χ2n) is 5.82. The summed E-state index contributed by atoms with van der Waals surface area (Å²) in [4.78, 5) is 12.1. The highest BCUT2D eigenvalue weighted by molar-refractivity contribution is 7.91. The van der Waals surface area contributed by atoms with Crippen LogP contribution < -0.4 is 5.32 Å². The molecule has 28 heavy (non-hydrogen) atoms. The zero-order valence-electron chi connectivity index (χ0n) is 14.7. The Labute approximate surface area is 160 Å². The second kappa shape index (κ2) is 7.81. The lowest BCUT2D eigenvalue weighted by Gasteiger charge is -2.07. The van der Waals surface area contributed by atoms with Gasteiger partial charge in [-0.05, 0) is 42.5 Å². The molecule has 1 amide bonds. The van der Waals surface area contributed by atoms with E-state index >= 15 is 0 Å². The van der Waals surface area contributed by atoms with Gasteiger partial charge in [-0.3, -0.25) is 4.79 Å². The molecule has 0 saturated heterocycles. The fourth-order valence-electron chi connectivity index (χ4n) is 2.35. The van der Waals surface area contributed by atoms with Crippen molar-refractivity contribution in [2.75, 3.05) is 11.1 Å². The first kappa shape index (κ1) is 19.6. The normalized spacial score (nSPS) is 11.2. The fraction of sp³-hybridized carbons (Fsp3) is 0.105. The van der Waals surface area contributed by atoms with E-state index < -0.39 is 27.4 Å². The quantitative estimate of drug-likeness (QED) is 0.705. The number of aromatic nitrogens is 2. The average Bonchev–Trinajstić information content (AvgIpc) is 2.70. The van der Waals surface area contributed by atoms with Crippen LogP contribution in [0.1, 0.15) is 17.3 Å². The molecule has 0 aliphatic rings. The van der Waals surface area contributed by atoms with Crippen molar-refractivity contribution in [2.24, 2.45) is 0 Å². The number of amides is 1. The molecule has 0 saturated carbocycles. The summed E-state index contributed by atoms with van der Waals surface area (Å²) in [5, 5.41) is 10.2. The van der Waals surface area contributed by atoms with E-state index in [1.165, 1.54) is 19.1 Å². The van der Waals surface area contributed by atoms with Crippen molar-refractivity contribution in [1.29, 1.82) is 0 Å². The number of halogens is 2. The Bertz CT molecular complexity index is 1120.